The van der Waals surface area contributed by atoms with Crippen LogP contribution >= 0.6 is 0 Å². The molecule has 0 saturated heterocycles. The second-order valence-corrected chi connectivity index (χ2v) is 3.84. The maximum Gasteiger partial charge on any atom is 0.0752 e. The van der Waals surface area contributed by atoms with Crippen LogP contribution in [0.5, 0.6) is 0 Å². The van der Waals surface area contributed by atoms with Crippen LogP contribution in [0.15, 0.2) is 11.6 Å². The summed E-state index contributed by atoms with van der Waals surface area (Å²) in [5.74, 6) is 0.622. The van der Waals surface area contributed by atoms with Crippen LogP contribution < -0.4 is 0 Å². The van der Waals surface area contributed by atoms with E-state index in [0.29, 0.717) is 5.92 Å². The molecule has 70 valence electrons. The maximum atomic E-state index is 9.59. The number of aliphatic hydroxyl groups is 1. The molecule has 1 nitrogen and oxygen atoms in total. The third-order valence-corrected chi connectivity index (χ3v) is 2.76. The van der Waals surface area contributed by atoms with E-state index in [2.05, 4.69) is 19.9 Å². The van der Waals surface area contributed by atoms with Gasteiger partial charge in [-0.3, -0.25) is 0 Å². The minimum Gasteiger partial charge on any atom is -0.389 e. The number of hydrogen-bond donors (Lipinski definition) is 1. The van der Waals surface area contributed by atoms with Gasteiger partial charge in [0.2, 0.25) is 0 Å². The van der Waals surface area contributed by atoms with Crippen LogP contribution in [0.25, 0.3) is 0 Å². The van der Waals surface area contributed by atoms with Crippen molar-refractivity contribution in [2.24, 2.45) is 5.92 Å². The SMILES string of the molecule is CCCCC=C1C(C)CCC1O. The molecule has 0 bridgehead atoms. The average molecular weight is 168 g/mol. The summed E-state index contributed by atoms with van der Waals surface area (Å²) in [6, 6.07) is 0. The number of aliphatic hydroxyl groups excluding tert-OH is 1. The molecule has 0 amide bonds. The second kappa shape index (κ2) is 4.66. The van der Waals surface area contributed by atoms with Crippen molar-refractivity contribution in [3.8, 4) is 0 Å². The van der Waals surface area contributed by atoms with Gasteiger partial charge >= 0.3 is 0 Å². The lowest BCUT2D eigenvalue weighted by Gasteiger charge is -2.07. The van der Waals surface area contributed by atoms with Gasteiger partial charge in [0.05, 0.1) is 6.10 Å². The van der Waals surface area contributed by atoms with Crippen LogP contribution in [0, 0.1) is 5.92 Å². The smallest absolute Gasteiger partial charge is 0.0752 e. The van der Waals surface area contributed by atoms with Gasteiger partial charge in [0, 0.05) is 0 Å². The molecule has 2 atom stereocenters. The van der Waals surface area contributed by atoms with Crippen molar-refractivity contribution in [1.29, 1.82) is 0 Å². The Labute approximate surface area is 75.5 Å². The lowest BCUT2D eigenvalue weighted by atomic mass is 10.0. The predicted molar refractivity (Wildman–Crippen MR) is 52.0 cm³/mol. The first-order valence-corrected chi connectivity index (χ1v) is 5.13. The molecular weight excluding hydrogens is 148 g/mol. The van der Waals surface area contributed by atoms with Gasteiger partial charge in [-0.25, -0.2) is 0 Å². The summed E-state index contributed by atoms with van der Waals surface area (Å²) >= 11 is 0. The third kappa shape index (κ3) is 2.34. The van der Waals surface area contributed by atoms with Crippen LogP contribution in [0.4, 0.5) is 0 Å². The monoisotopic (exact) mass is 168 g/mol. The predicted octanol–water partition coefficient (Wildman–Crippen LogP) is 2.89. The number of unbranched alkanes of at least 4 members (excludes halogenated alkanes) is 2. The molecule has 0 aromatic rings. The zero-order valence-electron chi connectivity index (χ0n) is 8.21. The van der Waals surface area contributed by atoms with Gasteiger partial charge in [-0.05, 0) is 30.8 Å². The highest BCUT2D eigenvalue weighted by Gasteiger charge is 2.24. The minimum absolute atomic E-state index is 0.128. The van der Waals surface area contributed by atoms with Crippen LogP contribution in [0.3, 0.4) is 0 Å². The van der Waals surface area contributed by atoms with E-state index < -0.39 is 0 Å². The van der Waals surface area contributed by atoms with Gasteiger partial charge in [0.25, 0.3) is 0 Å². The normalized spacial score (nSPS) is 33.1. The van der Waals surface area contributed by atoms with Crippen LogP contribution in [-0.2, 0) is 0 Å². The van der Waals surface area contributed by atoms with Gasteiger partial charge in [0.1, 0.15) is 0 Å². The molecule has 1 N–H and O–H groups in total. The van der Waals surface area contributed by atoms with Gasteiger partial charge in [0.15, 0.2) is 0 Å². The standard InChI is InChI=1S/C11H20O/c1-3-4-5-6-10-9(2)7-8-11(10)12/h6,9,11-12H,3-5,7-8H2,1-2H3. The molecule has 0 aromatic heterocycles. The van der Waals surface area contributed by atoms with Crippen molar-refractivity contribution >= 4 is 0 Å². The molecule has 1 heteroatoms. The number of hydrogen-bond acceptors (Lipinski definition) is 1. The Hall–Kier alpha value is -0.300. The average Bonchev–Trinajstić information content (AvgIpc) is 2.35. The Bertz CT molecular complexity index is 148. The lowest BCUT2D eigenvalue weighted by Crippen LogP contribution is -2.04. The highest BCUT2D eigenvalue weighted by Crippen LogP contribution is 2.31. The van der Waals surface area contributed by atoms with Crippen LogP contribution in [0.1, 0.15) is 46.0 Å². The van der Waals surface area contributed by atoms with E-state index in [9.17, 15) is 5.11 Å². The van der Waals surface area contributed by atoms with E-state index in [1.165, 1.54) is 24.8 Å². The quantitative estimate of drug-likeness (QED) is 0.507. The van der Waals surface area contributed by atoms with Crippen LogP contribution in [-0.4, -0.2) is 11.2 Å². The summed E-state index contributed by atoms with van der Waals surface area (Å²) in [6.07, 6.45) is 7.91. The molecule has 12 heavy (non-hydrogen) atoms. The molecule has 1 rings (SSSR count). The first kappa shape index (κ1) is 9.79. The van der Waals surface area contributed by atoms with Crippen molar-refractivity contribution in [1.82, 2.24) is 0 Å². The molecule has 1 saturated carbocycles. The summed E-state index contributed by atoms with van der Waals surface area (Å²) in [6.45, 7) is 4.42. The van der Waals surface area contributed by atoms with Crippen LogP contribution in [0.2, 0.25) is 0 Å². The fourth-order valence-corrected chi connectivity index (χ4v) is 1.88. The summed E-state index contributed by atoms with van der Waals surface area (Å²) in [7, 11) is 0. The molecule has 2 unspecified atom stereocenters. The fourth-order valence-electron chi connectivity index (χ4n) is 1.88. The molecule has 0 spiro atoms. The molecule has 0 radical (unpaired) electrons. The Morgan fingerprint density at radius 2 is 2.25 bits per heavy atom. The van der Waals surface area contributed by atoms with Crippen molar-refractivity contribution in [3.05, 3.63) is 11.6 Å². The lowest BCUT2D eigenvalue weighted by molar-refractivity contribution is 0.217. The van der Waals surface area contributed by atoms with E-state index in [4.69, 9.17) is 0 Å². The zero-order valence-corrected chi connectivity index (χ0v) is 8.21. The second-order valence-electron chi connectivity index (χ2n) is 3.84. The van der Waals surface area contributed by atoms with Crippen molar-refractivity contribution < 1.29 is 5.11 Å². The fraction of sp³-hybridized carbons (Fsp3) is 0.818. The van der Waals surface area contributed by atoms with E-state index in [1.54, 1.807) is 0 Å². The number of allylic oxidation sites excluding steroid dienone is 1. The molecule has 1 aliphatic rings. The summed E-state index contributed by atoms with van der Waals surface area (Å²) in [4.78, 5) is 0. The number of rotatable bonds is 3. The summed E-state index contributed by atoms with van der Waals surface area (Å²) in [5, 5.41) is 9.59. The molecular formula is C11H20O. The van der Waals surface area contributed by atoms with Gasteiger partial charge in [-0.2, -0.15) is 0 Å². The molecule has 1 aliphatic carbocycles. The maximum absolute atomic E-state index is 9.59. The highest BCUT2D eigenvalue weighted by atomic mass is 16.3. The molecule has 1 fully saturated rings. The third-order valence-electron chi connectivity index (χ3n) is 2.76. The Kier molecular flexibility index (Phi) is 3.80. The molecule has 0 aliphatic heterocycles. The van der Waals surface area contributed by atoms with E-state index in [-0.39, 0.29) is 6.10 Å². The van der Waals surface area contributed by atoms with Gasteiger partial charge in [-0.1, -0.05) is 32.8 Å². The Balaban J connectivity index is 2.42. The molecule has 0 aromatic carbocycles. The zero-order chi connectivity index (χ0) is 8.97. The minimum atomic E-state index is -0.128. The largest absolute Gasteiger partial charge is 0.389 e. The summed E-state index contributed by atoms with van der Waals surface area (Å²) < 4.78 is 0. The highest BCUT2D eigenvalue weighted by molar-refractivity contribution is 5.15. The van der Waals surface area contributed by atoms with E-state index in [0.717, 1.165) is 12.8 Å². The van der Waals surface area contributed by atoms with E-state index >= 15 is 0 Å². The first-order valence-electron chi connectivity index (χ1n) is 5.13. The topological polar surface area (TPSA) is 20.2 Å². The first-order chi connectivity index (χ1) is 5.75. The Morgan fingerprint density at radius 3 is 2.75 bits per heavy atom. The van der Waals surface area contributed by atoms with Gasteiger partial charge < -0.3 is 5.11 Å². The van der Waals surface area contributed by atoms with E-state index in [1.807, 2.05) is 0 Å². The summed E-state index contributed by atoms with van der Waals surface area (Å²) in [5.41, 5.74) is 1.29. The Morgan fingerprint density at radius 1 is 1.50 bits per heavy atom. The van der Waals surface area contributed by atoms with Crippen molar-refractivity contribution in [3.63, 3.8) is 0 Å². The molecule has 0 heterocycles. The van der Waals surface area contributed by atoms with Crippen molar-refractivity contribution in [2.75, 3.05) is 0 Å². The van der Waals surface area contributed by atoms with Crippen molar-refractivity contribution in [2.45, 2.75) is 52.1 Å². The van der Waals surface area contributed by atoms with Gasteiger partial charge in [-0.15, -0.1) is 0 Å².